The second kappa shape index (κ2) is 11.2. The van der Waals surface area contributed by atoms with Crippen molar-refractivity contribution in [3.63, 3.8) is 0 Å². The molecule has 5 heterocycles. The molecule has 0 spiro atoms. The molecule has 5 heteroatoms. The molecule has 0 aliphatic carbocycles. The van der Waals surface area contributed by atoms with E-state index in [1.165, 1.54) is 32.7 Å². The van der Waals surface area contributed by atoms with Gasteiger partial charge in [0.15, 0.2) is 0 Å². The minimum atomic E-state index is -2.31. The van der Waals surface area contributed by atoms with Crippen LogP contribution in [0.25, 0.3) is 44.2 Å². The Morgan fingerprint density at radius 3 is 1.42 bits per heavy atom. The van der Waals surface area contributed by atoms with E-state index in [1.54, 1.807) is 6.20 Å². The first-order valence-corrected chi connectivity index (χ1v) is 17.5. The number of rotatable bonds is 6. The summed E-state index contributed by atoms with van der Waals surface area (Å²) in [6.45, 7) is 4.91. The van der Waals surface area contributed by atoms with Crippen molar-refractivity contribution in [1.29, 1.82) is 0 Å². The smallest absolute Gasteiger partial charge is 0.115 e. The average molecular weight is 571 g/mol. The average Bonchev–Trinajstić information content (AvgIpc) is 3.33. The summed E-state index contributed by atoms with van der Waals surface area (Å²) in [7, 11) is -2.31. The number of hydrogen-bond donors (Lipinski definition) is 0. The molecule has 0 amide bonds. The van der Waals surface area contributed by atoms with Gasteiger partial charge < -0.3 is 0 Å². The maximum absolute atomic E-state index is 4.94. The van der Waals surface area contributed by atoms with Gasteiger partial charge in [-0.3, -0.25) is 19.9 Å². The van der Waals surface area contributed by atoms with Crippen LogP contribution in [0.5, 0.6) is 0 Å². The molecule has 6 aromatic rings. The number of allylic oxidation sites excluding steroid dienone is 2. The summed E-state index contributed by atoms with van der Waals surface area (Å²) in [4.78, 5) is 18.7. The van der Waals surface area contributed by atoms with Gasteiger partial charge in [-0.05, 0) is 80.2 Å². The van der Waals surface area contributed by atoms with E-state index in [1.807, 2.05) is 55.1 Å². The molecule has 0 saturated carbocycles. The second-order valence-electron chi connectivity index (χ2n) is 11.2. The summed E-state index contributed by atoms with van der Waals surface area (Å²) in [6, 6.07) is 40.2. The third-order valence-corrected chi connectivity index (χ3v) is 11.7. The van der Waals surface area contributed by atoms with Crippen LogP contribution in [0.15, 0.2) is 146 Å². The Balaban J connectivity index is 1.45. The number of benzene rings is 2. The highest BCUT2D eigenvalue weighted by Gasteiger charge is 2.44. The molecule has 0 N–H and O–H groups in total. The van der Waals surface area contributed by atoms with E-state index in [0.717, 1.165) is 33.8 Å². The lowest BCUT2D eigenvalue weighted by molar-refractivity contribution is 1.24. The van der Waals surface area contributed by atoms with Crippen molar-refractivity contribution in [2.45, 2.75) is 13.1 Å². The summed E-state index contributed by atoms with van der Waals surface area (Å²) in [5, 5.41) is 2.76. The van der Waals surface area contributed by atoms with Gasteiger partial charge in [-0.15, -0.1) is 0 Å². The van der Waals surface area contributed by atoms with E-state index in [-0.39, 0.29) is 0 Å². The number of pyridine rings is 4. The molecule has 0 saturated heterocycles. The van der Waals surface area contributed by atoms with Crippen molar-refractivity contribution in [2.75, 3.05) is 0 Å². The number of hydrogen-bond acceptors (Lipinski definition) is 4. The van der Waals surface area contributed by atoms with Crippen LogP contribution in [0.3, 0.4) is 0 Å². The first kappa shape index (κ1) is 26.6. The van der Waals surface area contributed by atoms with E-state index in [9.17, 15) is 0 Å². The largest absolute Gasteiger partial charge is 0.264 e. The fourth-order valence-corrected chi connectivity index (χ4v) is 10.0. The lowest BCUT2D eigenvalue weighted by Gasteiger charge is -2.26. The van der Waals surface area contributed by atoms with Crippen LogP contribution < -0.4 is 0 Å². The molecule has 4 aromatic heterocycles. The van der Waals surface area contributed by atoms with Gasteiger partial charge >= 0.3 is 0 Å². The molecule has 43 heavy (non-hydrogen) atoms. The van der Waals surface area contributed by atoms with Crippen molar-refractivity contribution >= 4 is 29.6 Å². The molecular formula is C38H30N4Si. The van der Waals surface area contributed by atoms with Crippen LogP contribution in [-0.4, -0.2) is 28.0 Å². The zero-order valence-electron chi connectivity index (χ0n) is 24.1. The monoisotopic (exact) mass is 570 g/mol. The van der Waals surface area contributed by atoms with E-state index in [0.29, 0.717) is 0 Å². The molecule has 4 nitrogen and oxygen atoms in total. The molecule has 0 fully saturated rings. The third-order valence-electron chi connectivity index (χ3n) is 8.11. The van der Waals surface area contributed by atoms with Gasteiger partial charge in [-0.25, -0.2) is 0 Å². The van der Waals surface area contributed by atoms with Crippen LogP contribution >= 0.6 is 0 Å². The van der Waals surface area contributed by atoms with E-state index in [2.05, 4.69) is 108 Å². The Bertz CT molecular complexity index is 1790. The van der Waals surface area contributed by atoms with Gasteiger partial charge in [0.25, 0.3) is 0 Å². The second-order valence-corrected chi connectivity index (χ2v) is 15.4. The summed E-state index contributed by atoms with van der Waals surface area (Å²) < 4.78 is 0. The fourth-order valence-electron chi connectivity index (χ4n) is 6.23. The molecule has 1 aliphatic heterocycles. The first-order valence-electron chi connectivity index (χ1n) is 14.5. The molecule has 2 aromatic carbocycles. The zero-order valence-corrected chi connectivity index (χ0v) is 25.1. The minimum Gasteiger partial charge on any atom is -0.264 e. The van der Waals surface area contributed by atoms with Crippen molar-refractivity contribution < 1.29 is 0 Å². The molecule has 0 bridgehead atoms. The van der Waals surface area contributed by atoms with E-state index in [4.69, 9.17) is 9.97 Å². The standard InChI is InChI=1S/C38H30N4Si/c1-43(2)37(30-18-20-32(41-25-30)29-16-11-22-39-24-29)35(27-12-5-3-6-13-27)36(28-14-7-4-8-15-28)38(43)31-19-21-34(42-26-31)33-17-9-10-23-40-33/h3-26H,1-2H3. The number of aromatic nitrogens is 4. The minimum absolute atomic E-state index is 0.871. The zero-order chi connectivity index (χ0) is 29.2. The van der Waals surface area contributed by atoms with Crippen LogP contribution in [0.1, 0.15) is 22.3 Å². The number of nitrogens with zero attached hydrogens (tertiary/aromatic N) is 4. The van der Waals surface area contributed by atoms with Gasteiger partial charge in [0.1, 0.15) is 8.07 Å². The van der Waals surface area contributed by atoms with Gasteiger partial charge in [0.05, 0.1) is 17.1 Å². The van der Waals surface area contributed by atoms with Crippen molar-refractivity contribution in [3.05, 3.63) is 168 Å². The highest BCUT2D eigenvalue weighted by atomic mass is 28.3. The maximum Gasteiger partial charge on any atom is 0.115 e. The summed E-state index contributed by atoms with van der Waals surface area (Å²) in [6.07, 6.45) is 9.54. The molecular weight excluding hydrogens is 541 g/mol. The topological polar surface area (TPSA) is 51.6 Å². The van der Waals surface area contributed by atoms with Gasteiger partial charge in [0.2, 0.25) is 0 Å². The highest BCUT2D eigenvalue weighted by Crippen LogP contribution is 2.55. The van der Waals surface area contributed by atoms with Crippen LogP contribution in [-0.2, 0) is 0 Å². The van der Waals surface area contributed by atoms with E-state index < -0.39 is 8.07 Å². The van der Waals surface area contributed by atoms with Crippen LogP contribution in [0.2, 0.25) is 13.1 Å². The summed E-state index contributed by atoms with van der Waals surface area (Å²) >= 11 is 0. The van der Waals surface area contributed by atoms with E-state index >= 15 is 0 Å². The van der Waals surface area contributed by atoms with Gasteiger partial charge in [-0.1, -0.05) is 92.0 Å². The van der Waals surface area contributed by atoms with Gasteiger partial charge in [-0.2, -0.15) is 0 Å². The molecule has 0 atom stereocenters. The summed E-state index contributed by atoms with van der Waals surface area (Å²) in [5.74, 6) is 0. The SMILES string of the molecule is C[Si]1(C)C(c2ccc(-c3cccnc3)nc2)=C(c2ccccc2)C(c2ccccc2)=C1c1ccc(-c2ccccn2)nc1. The third kappa shape index (κ3) is 4.94. The van der Waals surface area contributed by atoms with Crippen molar-refractivity contribution in [2.24, 2.45) is 0 Å². The van der Waals surface area contributed by atoms with Crippen molar-refractivity contribution in [1.82, 2.24) is 19.9 Å². The quantitative estimate of drug-likeness (QED) is 0.188. The lowest BCUT2D eigenvalue weighted by Crippen LogP contribution is -2.28. The normalized spacial score (nSPS) is 14.3. The van der Waals surface area contributed by atoms with Gasteiger partial charge in [0, 0.05) is 36.5 Å². The Morgan fingerprint density at radius 1 is 0.395 bits per heavy atom. The molecule has 7 rings (SSSR count). The van der Waals surface area contributed by atoms with Crippen LogP contribution in [0, 0.1) is 0 Å². The van der Waals surface area contributed by atoms with Crippen molar-refractivity contribution in [3.8, 4) is 22.6 Å². The highest BCUT2D eigenvalue weighted by molar-refractivity contribution is 7.13. The molecule has 1 aliphatic rings. The Kier molecular flexibility index (Phi) is 6.93. The molecule has 0 radical (unpaired) electrons. The predicted molar refractivity (Wildman–Crippen MR) is 179 cm³/mol. The Labute approximate surface area is 253 Å². The summed E-state index contributed by atoms with van der Waals surface area (Å²) in [5.41, 5.74) is 11.0. The Hall–Kier alpha value is -5.26. The lowest BCUT2D eigenvalue weighted by atomic mass is 9.89. The fraction of sp³-hybridized carbons (Fsp3) is 0.0526. The molecule has 0 unspecified atom stereocenters. The predicted octanol–water partition coefficient (Wildman–Crippen LogP) is 8.92. The van der Waals surface area contributed by atoms with Crippen LogP contribution in [0.4, 0.5) is 0 Å². The molecule has 206 valence electrons. The first-order chi connectivity index (χ1) is 21.1. The maximum atomic E-state index is 4.94. The Morgan fingerprint density at radius 2 is 0.930 bits per heavy atom.